The molecule has 11 nitrogen and oxygen atoms in total. The lowest BCUT2D eigenvalue weighted by Crippen LogP contribution is -2.29. The Morgan fingerprint density at radius 3 is 2.66 bits per heavy atom. The molecule has 0 saturated heterocycles. The molecule has 176 valence electrons. The van der Waals surface area contributed by atoms with Crippen molar-refractivity contribution in [3.8, 4) is 5.75 Å². The van der Waals surface area contributed by atoms with Gasteiger partial charge in [0.1, 0.15) is 17.1 Å². The highest BCUT2D eigenvalue weighted by Gasteiger charge is 2.20. The zero-order chi connectivity index (χ0) is 24.4. The van der Waals surface area contributed by atoms with Gasteiger partial charge in [-0.25, -0.2) is 13.9 Å². The minimum atomic E-state index is -0.770. The van der Waals surface area contributed by atoms with Crippen molar-refractivity contribution in [1.29, 1.82) is 0 Å². The van der Waals surface area contributed by atoms with Crippen LogP contribution in [0.3, 0.4) is 0 Å². The molecule has 3 amide bonds. The normalized spacial score (nSPS) is 12.4. The van der Waals surface area contributed by atoms with Crippen molar-refractivity contribution in [3.05, 3.63) is 83.3 Å². The molecular weight excluding hydrogens is 457 g/mol. The molecule has 0 spiro atoms. The van der Waals surface area contributed by atoms with E-state index >= 15 is 0 Å². The zero-order valence-corrected chi connectivity index (χ0v) is 18.1. The van der Waals surface area contributed by atoms with Gasteiger partial charge in [0.2, 0.25) is 0 Å². The number of aromatic nitrogens is 4. The SMILES string of the molecule is O=C1COc2ccc(CNC(=O)c3cc(C(=O)NCc4ccncc4)n4ncc(F)c4n3)cc2N1. The van der Waals surface area contributed by atoms with Crippen molar-refractivity contribution in [2.45, 2.75) is 13.1 Å². The molecule has 4 heterocycles. The highest BCUT2D eigenvalue weighted by molar-refractivity contribution is 5.98. The van der Waals surface area contributed by atoms with Crippen LogP contribution in [0.5, 0.6) is 5.75 Å². The average Bonchev–Trinajstić information content (AvgIpc) is 3.26. The third kappa shape index (κ3) is 4.62. The minimum absolute atomic E-state index is 0.0493. The number of carbonyl (C=O) groups is 3. The molecule has 0 bridgehead atoms. The van der Waals surface area contributed by atoms with Crippen molar-refractivity contribution in [2.75, 3.05) is 11.9 Å². The number of ether oxygens (including phenoxy) is 1. The number of pyridine rings is 1. The van der Waals surface area contributed by atoms with Gasteiger partial charge >= 0.3 is 0 Å². The maximum absolute atomic E-state index is 14.3. The Hall–Kier alpha value is -4.87. The van der Waals surface area contributed by atoms with E-state index in [4.69, 9.17) is 4.74 Å². The molecule has 12 heteroatoms. The second kappa shape index (κ2) is 9.17. The molecule has 0 unspecified atom stereocenters. The van der Waals surface area contributed by atoms with E-state index in [0.29, 0.717) is 17.0 Å². The van der Waals surface area contributed by atoms with Gasteiger partial charge in [-0.05, 0) is 35.4 Å². The van der Waals surface area contributed by atoms with E-state index in [1.54, 1.807) is 42.7 Å². The summed E-state index contributed by atoms with van der Waals surface area (Å²) in [6.07, 6.45) is 4.12. The Morgan fingerprint density at radius 2 is 1.83 bits per heavy atom. The van der Waals surface area contributed by atoms with Crippen LogP contribution in [0.4, 0.5) is 10.1 Å². The Bertz CT molecular complexity index is 1460. The maximum atomic E-state index is 14.3. The van der Waals surface area contributed by atoms with E-state index in [9.17, 15) is 18.8 Å². The number of fused-ring (bicyclic) bond motifs is 2. The van der Waals surface area contributed by atoms with Crippen LogP contribution < -0.4 is 20.7 Å². The van der Waals surface area contributed by atoms with E-state index in [2.05, 4.69) is 31.0 Å². The molecule has 5 rings (SSSR count). The predicted octanol–water partition coefficient (Wildman–Crippen LogP) is 1.45. The highest BCUT2D eigenvalue weighted by atomic mass is 19.1. The standard InChI is InChI=1S/C23H18FN7O4/c24-15-11-28-31-18(23(34)27-9-13-3-5-25-6-4-13)8-17(30-21(15)31)22(33)26-10-14-1-2-19-16(7-14)29-20(32)12-35-19/h1-8,11H,9-10,12H2,(H,26,33)(H,27,34)(H,29,32). The van der Waals surface area contributed by atoms with Crippen LogP contribution in [0.2, 0.25) is 0 Å². The van der Waals surface area contributed by atoms with Gasteiger partial charge in [-0.3, -0.25) is 19.4 Å². The summed E-state index contributed by atoms with van der Waals surface area (Å²) in [5.74, 6) is -1.68. The fraction of sp³-hybridized carbons (Fsp3) is 0.130. The predicted molar refractivity (Wildman–Crippen MR) is 120 cm³/mol. The number of carbonyl (C=O) groups excluding carboxylic acids is 3. The van der Waals surface area contributed by atoms with Crippen molar-refractivity contribution < 1.29 is 23.5 Å². The molecule has 0 atom stereocenters. The third-order valence-electron chi connectivity index (χ3n) is 5.23. The van der Waals surface area contributed by atoms with Gasteiger partial charge in [0, 0.05) is 31.5 Å². The molecule has 0 saturated carbocycles. The molecule has 35 heavy (non-hydrogen) atoms. The molecule has 0 radical (unpaired) electrons. The smallest absolute Gasteiger partial charge is 0.270 e. The van der Waals surface area contributed by atoms with Crippen LogP contribution in [-0.2, 0) is 17.9 Å². The molecule has 1 aliphatic heterocycles. The quantitative estimate of drug-likeness (QED) is 0.384. The lowest BCUT2D eigenvalue weighted by Gasteiger charge is -2.18. The lowest BCUT2D eigenvalue weighted by molar-refractivity contribution is -0.118. The summed E-state index contributed by atoms with van der Waals surface area (Å²) in [6, 6.07) is 9.84. The van der Waals surface area contributed by atoms with Gasteiger partial charge in [-0.15, -0.1) is 0 Å². The first-order valence-corrected chi connectivity index (χ1v) is 10.5. The fourth-order valence-corrected chi connectivity index (χ4v) is 3.50. The lowest BCUT2D eigenvalue weighted by atomic mass is 10.1. The van der Waals surface area contributed by atoms with Crippen LogP contribution in [-0.4, -0.2) is 43.9 Å². The zero-order valence-electron chi connectivity index (χ0n) is 18.1. The van der Waals surface area contributed by atoms with E-state index in [-0.39, 0.29) is 42.6 Å². The van der Waals surface area contributed by atoms with Gasteiger partial charge in [0.25, 0.3) is 17.7 Å². The third-order valence-corrected chi connectivity index (χ3v) is 5.23. The van der Waals surface area contributed by atoms with E-state index < -0.39 is 17.6 Å². The molecule has 0 aliphatic carbocycles. The largest absolute Gasteiger partial charge is 0.482 e. The van der Waals surface area contributed by atoms with E-state index in [0.717, 1.165) is 16.3 Å². The Morgan fingerprint density at radius 1 is 1.06 bits per heavy atom. The maximum Gasteiger partial charge on any atom is 0.270 e. The first-order chi connectivity index (χ1) is 17.0. The Kier molecular flexibility index (Phi) is 5.75. The van der Waals surface area contributed by atoms with Gasteiger partial charge in [0.05, 0.1) is 11.9 Å². The second-order valence-corrected chi connectivity index (χ2v) is 7.64. The number of nitrogens with one attached hydrogen (secondary N) is 3. The monoisotopic (exact) mass is 475 g/mol. The van der Waals surface area contributed by atoms with Crippen LogP contribution >= 0.6 is 0 Å². The van der Waals surface area contributed by atoms with Crippen LogP contribution in [0.25, 0.3) is 5.65 Å². The van der Waals surface area contributed by atoms with Crippen molar-refractivity contribution in [2.24, 2.45) is 0 Å². The second-order valence-electron chi connectivity index (χ2n) is 7.64. The number of halogens is 1. The van der Waals surface area contributed by atoms with Crippen molar-refractivity contribution in [3.63, 3.8) is 0 Å². The van der Waals surface area contributed by atoms with Gasteiger partial charge in [-0.2, -0.15) is 5.10 Å². The Balaban J connectivity index is 1.34. The minimum Gasteiger partial charge on any atom is -0.482 e. The molecule has 1 aliphatic rings. The Labute approximate surface area is 197 Å². The number of hydrogen-bond donors (Lipinski definition) is 3. The average molecular weight is 475 g/mol. The summed E-state index contributed by atoms with van der Waals surface area (Å²) >= 11 is 0. The van der Waals surface area contributed by atoms with E-state index in [1.807, 2.05) is 0 Å². The summed E-state index contributed by atoms with van der Waals surface area (Å²) < 4.78 is 20.6. The summed E-state index contributed by atoms with van der Waals surface area (Å²) in [4.78, 5) is 45.2. The molecule has 0 fully saturated rings. The number of nitrogens with zero attached hydrogens (tertiary/aromatic N) is 4. The first-order valence-electron chi connectivity index (χ1n) is 10.5. The number of amides is 3. The van der Waals surface area contributed by atoms with Gasteiger partial charge in [0.15, 0.2) is 18.1 Å². The number of rotatable bonds is 6. The van der Waals surface area contributed by atoms with Crippen LogP contribution in [0, 0.1) is 5.82 Å². The number of anilines is 1. The molecule has 4 aromatic rings. The van der Waals surface area contributed by atoms with Gasteiger partial charge < -0.3 is 20.7 Å². The highest BCUT2D eigenvalue weighted by Crippen LogP contribution is 2.28. The molecule has 1 aromatic carbocycles. The summed E-state index contributed by atoms with van der Waals surface area (Å²) in [5, 5.41) is 12.0. The van der Waals surface area contributed by atoms with Crippen molar-refractivity contribution in [1.82, 2.24) is 30.2 Å². The number of benzene rings is 1. The number of hydrogen-bond acceptors (Lipinski definition) is 7. The summed E-state index contributed by atoms with van der Waals surface area (Å²) in [5.41, 5.74) is 1.56. The molecule has 3 aromatic heterocycles. The van der Waals surface area contributed by atoms with E-state index in [1.165, 1.54) is 6.07 Å². The van der Waals surface area contributed by atoms with Crippen LogP contribution in [0.15, 0.2) is 55.0 Å². The van der Waals surface area contributed by atoms with Crippen LogP contribution in [0.1, 0.15) is 32.1 Å². The topological polar surface area (TPSA) is 140 Å². The fourth-order valence-electron chi connectivity index (χ4n) is 3.50. The molecule has 3 N–H and O–H groups in total. The first kappa shape index (κ1) is 21.9. The summed E-state index contributed by atoms with van der Waals surface area (Å²) in [7, 11) is 0. The van der Waals surface area contributed by atoms with Crippen molar-refractivity contribution >= 4 is 29.1 Å². The van der Waals surface area contributed by atoms with Gasteiger partial charge in [-0.1, -0.05) is 6.07 Å². The molecular formula is C23H18FN7O4. The summed E-state index contributed by atoms with van der Waals surface area (Å²) in [6.45, 7) is 0.246.